The summed E-state index contributed by atoms with van der Waals surface area (Å²) >= 11 is 1.68. The smallest absolute Gasteiger partial charge is 0.0795 e. The van der Waals surface area contributed by atoms with E-state index in [9.17, 15) is 0 Å². The minimum atomic E-state index is 0.446. The van der Waals surface area contributed by atoms with Crippen molar-refractivity contribution >= 4 is 11.3 Å². The van der Waals surface area contributed by atoms with E-state index in [-0.39, 0.29) is 0 Å². The van der Waals surface area contributed by atoms with Crippen LogP contribution in [0.3, 0.4) is 0 Å². The summed E-state index contributed by atoms with van der Waals surface area (Å²) in [5, 5.41) is 5.64. The van der Waals surface area contributed by atoms with Gasteiger partial charge in [0, 0.05) is 5.38 Å². The lowest BCUT2D eigenvalue weighted by molar-refractivity contribution is 0.403. The maximum Gasteiger partial charge on any atom is 0.0795 e. The zero-order valence-electron chi connectivity index (χ0n) is 9.29. The average Bonchev–Trinajstić information content (AvgIpc) is 2.69. The molecule has 1 rings (SSSR count). The molecule has 0 aliphatic heterocycles. The molecule has 0 amide bonds. The molecule has 0 aliphatic carbocycles. The molecule has 2 unspecified atom stereocenters. The average molecular weight is 212 g/mol. The Balaban J connectivity index is 2.55. The minimum Gasteiger partial charge on any atom is -0.309 e. The van der Waals surface area contributed by atoms with Gasteiger partial charge in [-0.25, -0.2) is 4.98 Å². The van der Waals surface area contributed by atoms with Gasteiger partial charge in [0.1, 0.15) is 0 Å². The number of nitrogens with zero attached hydrogens (tertiary/aromatic N) is 1. The normalized spacial score (nSPS) is 15.4. The fraction of sp³-hybridized carbons (Fsp3) is 0.727. The fourth-order valence-corrected chi connectivity index (χ4v) is 2.13. The molecule has 1 aromatic rings. The first-order valence-electron chi connectivity index (χ1n) is 5.39. The summed E-state index contributed by atoms with van der Waals surface area (Å²) in [4.78, 5) is 4.38. The van der Waals surface area contributed by atoms with E-state index in [1.165, 1.54) is 18.5 Å². The molecular formula is C11H20N2S. The van der Waals surface area contributed by atoms with Crippen molar-refractivity contribution in [2.45, 2.75) is 39.7 Å². The molecular weight excluding hydrogens is 192 g/mol. The SMILES string of the molecule is CCNC(CC(C)CC)c1cscn1. The second-order valence-electron chi connectivity index (χ2n) is 3.77. The van der Waals surface area contributed by atoms with Gasteiger partial charge < -0.3 is 5.32 Å². The van der Waals surface area contributed by atoms with Crippen LogP contribution in [-0.2, 0) is 0 Å². The van der Waals surface area contributed by atoms with E-state index < -0.39 is 0 Å². The Hall–Kier alpha value is -0.410. The van der Waals surface area contributed by atoms with Crippen LogP contribution in [-0.4, -0.2) is 11.5 Å². The predicted molar refractivity (Wildman–Crippen MR) is 62.6 cm³/mol. The topological polar surface area (TPSA) is 24.9 Å². The summed E-state index contributed by atoms with van der Waals surface area (Å²) in [6, 6.07) is 0.446. The van der Waals surface area contributed by atoms with Gasteiger partial charge in [-0.3, -0.25) is 0 Å². The first kappa shape index (κ1) is 11.7. The van der Waals surface area contributed by atoms with Gasteiger partial charge in [-0.2, -0.15) is 0 Å². The molecule has 3 heteroatoms. The highest BCUT2D eigenvalue weighted by molar-refractivity contribution is 7.07. The highest BCUT2D eigenvalue weighted by Crippen LogP contribution is 2.22. The summed E-state index contributed by atoms with van der Waals surface area (Å²) < 4.78 is 0. The van der Waals surface area contributed by atoms with Crippen molar-refractivity contribution in [3.63, 3.8) is 0 Å². The van der Waals surface area contributed by atoms with Gasteiger partial charge in [0.25, 0.3) is 0 Å². The van der Waals surface area contributed by atoms with Crippen molar-refractivity contribution in [1.29, 1.82) is 0 Å². The van der Waals surface area contributed by atoms with Crippen LogP contribution in [0.1, 0.15) is 45.3 Å². The van der Waals surface area contributed by atoms with Crippen molar-refractivity contribution in [3.8, 4) is 0 Å². The van der Waals surface area contributed by atoms with Crippen molar-refractivity contribution in [2.75, 3.05) is 6.54 Å². The Bertz CT molecular complexity index is 233. The second-order valence-corrected chi connectivity index (χ2v) is 4.49. The van der Waals surface area contributed by atoms with Crippen LogP contribution in [0.4, 0.5) is 0 Å². The predicted octanol–water partition coefficient (Wildman–Crippen LogP) is 3.23. The molecule has 0 spiro atoms. The van der Waals surface area contributed by atoms with E-state index in [2.05, 4.69) is 36.5 Å². The van der Waals surface area contributed by atoms with E-state index >= 15 is 0 Å². The number of hydrogen-bond acceptors (Lipinski definition) is 3. The molecule has 2 nitrogen and oxygen atoms in total. The molecule has 2 atom stereocenters. The number of aromatic nitrogens is 1. The van der Waals surface area contributed by atoms with Crippen LogP contribution >= 0.6 is 11.3 Å². The van der Waals surface area contributed by atoms with Gasteiger partial charge in [0.15, 0.2) is 0 Å². The van der Waals surface area contributed by atoms with Crippen LogP contribution in [0.15, 0.2) is 10.9 Å². The summed E-state index contributed by atoms with van der Waals surface area (Å²) in [7, 11) is 0. The fourth-order valence-electron chi connectivity index (χ4n) is 1.52. The summed E-state index contributed by atoms with van der Waals surface area (Å²) in [5.41, 5.74) is 3.12. The molecule has 14 heavy (non-hydrogen) atoms. The first-order chi connectivity index (χ1) is 6.77. The molecule has 1 heterocycles. The lowest BCUT2D eigenvalue weighted by Crippen LogP contribution is -2.23. The largest absolute Gasteiger partial charge is 0.309 e. The molecule has 1 aromatic heterocycles. The molecule has 0 aromatic carbocycles. The third-order valence-corrected chi connectivity index (χ3v) is 3.20. The Kier molecular flexibility index (Phi) is 5.12. The molecule has 1 N–H and O–H groups in total. The van der Waals surface area contributed by atoms with Crippen LogP contribution in [0.5, 0.6) is 0 Å². The molecule has 0 radical (unpaired) electrons. The molecule has 80 valence electrons. The molecule has 0 saturated carbocycles. The van der Waals surface area contributed by atoms with Crippen LogP contribution in [0, 0.1) is 5.92 Å². The maximum absolute atomic E-state index is 4.38. The van der Waals surface area contributed by atoms with Crippen LogP contribution in [0.25, 0.3) is 0 Å². The van der Waals surface area contributed by atoms with Crippen LogP contribution in [0.2, 0.25) is 0 Å². The van der Waals surface area contributed by atoms with Crippen molar-refractivity contribution in [3.05, 3.63) is 16.6 Å². The monoisotopic (exact) mass is 212 g/mol. The Labute approximate surface area is 90.8 Å². The first-order valence-corrected chi connectivity index (χ1v) is 6.33. The van der Waals surface area contributed by atoms with Gasteiger partial charge in [-0.05, 0) is 18.9 Å². The second kappa shape index (κ2) is 6.14. The summed E-state index contributed by atoms with van der Waals surface area (Å²) in [6.07, 6.45) is 2.43. The lowest BCUT2D eigenvalue weighted by atomic mass is 9.98. The lowest BCUT2D eigenvalue weighted by Gasteiger charge is -2.19. The van der Waals surface area contributed by atoms with Crippen LogP contribution < -0.4 is 5.32 Å². The highest BCUT2D eigenvalue weighted by atomic mass is 32.1. The van der Waals surface area contributed by atoms with E-state index in [1.807, 2.05) is 5.51 Å². The molecule has 0 aliphatic rings. The molecule has 0 fully saturated rings. The number of rotatable bonds is 6. The Morgan fingerprint density at radius 1 is 1.50 bits per heavy atom. The summed E-state index contributed by atoms with van der Waals surface area (Å²) in [5.74, 6) is 0.765. The van der Waals surface area contributed by atoms with E-state index in [4.69, 9.17) is 0 Å². The molecule has 0 bridgehead atoms. The number of hydrogen-bond donors (Lipinski definition) is 1. The highest BCUT2D eigenvalue weighted by Gasteiger charge is 2.14. The quantitative estimate of drug-likeness (QED) is 0.783. The third kappa shape index (κ3) is 3.39. The van der Waals surface area contributed by atoms with E-state index in [0.717, 1.165) is 12.5 Å². The molecule has 0 saturated heterocycles. The van der Waals surface area contributed by atoms with Crippen molar-refractivity contribution < 1.29 is 0 Å². The van der Waals surface area contributed by atoms with Gasteiger partial charge >= 0.3 is 0 Å². The van der Waals surface area contributed by atoms with Gasteiger partial charge in [-0.1, -0.05) is 27.2 Å². The minimum absolute atomic E-state index is 0.446. The Morgan fingerprint density at radius 2 is 2.29 bits per heavy atom. The van der Waals surface area contributed by atoms with Crippen molar-refractivity contribution in [2.24, 2.45) is 5.92 Å². The number of nitrogens with one attached hydrogen (secondary N) is 1. The van der Waals surface area contributed by atoms with E-state index in [1.54, 1.807) is 11.3 Å². The zero-order chi connectivity index (χ0) is 10.4. The standard InChI is InChI=1S/C11H20N2S/c1-4-9(3)6-10(12-5-2)11-7-14-8-13-11/h7-10,12H,4-6H2,1-3H3. The Morgan fingerprint density at radius 3 is 2.79 bits per heavy atom. The maximum atomic E-state index is 4.38. The van der Waals surface area contributed by atoms with Gasteiger partial charge in [-0.15, -0.1) is 11.3 Å². The number of thiazole rings is 1. The van der Waals surface area contributed by atoms with Crippen molar-refractivity contribution in [1.82, 2.24) is 10.3 Å². The third-order valence-electron chi connectivity index (χ3n) is 2.59. The van der Waals surface area contributed by atoms with E-state index in [0.29, 0.717) is 6.04 Å². The summed E-state index contributed by atoms with van der Waals surface area (Å²) in [6.45, 7) is 7.71. The zero-order valence-corrected chi connectivity index (χ0v) is 10.1. The van der Waals surface area contributed by atoms with Gasteiger partial charge in [0.05, 0.1) is 17.2 Å². The van der Waals surface area contributed by atoms with Gasteiger partial charge in [0.2, 0.25) is 0 Å².